The maximum absolute atomic E-state index is 13.4. The van der Waals surface area contributed by atoms with Crippen LogP contribution in [0.3, 0.4) is 0 Å². The summed E-state index contributed by atoms with van der Waals surface area (Å²) in [4.78, 5) is 17.9. The fourth-order valence-electron chi connectivity index (χ4n) is 6.52. The molecule has 3 aromatic rings. The van der Waals surface area contributed by atoms with Crippen LogP contribution in [0.4, 0.5) is 0 Å². The lowest BCUT2D eigenvalue weighted by atomic mass is 9.71. The predicted molar refractivity (Wildman–Crippen MR) is 168 cm³/mol. The van der Waals surface area contributed by atoms with Gasteiger partial charge in [-0.2, -0.15) is 0 Å². The molecule has 9 heteroatoms. The van der Waals surface area contributed by atoms with Gasteiger partial charge >= 0.3 is 0 Å². The zero-order valence-electron chi connectivity index (χ0n) is 23.7. The zero-order chi connectivity index (χ0) is 29.8. The standard InChI is InChI=1S/C33H38Cl2N2O4S/c34-29-14-13-27(23-30(29)35)32(16-8-20-37(24-32)31(38)26-9-3-1-4-10-26)15-7-19-36-21-17-33(39,18-22-36)25-42(40,41)28-11-5-2-6-12-28/h1-6,9-14,23,39H,7-8,15-22,24-25H2/t32-/m1/s1. The first-order valence-corrected chi connectivity index (χ1v) is 17.0. The summed E-state index contributed by atoms with van der Waals surface area (Å²) in [5.74, 6) is -0.218. The average molecular weight is 630 g/mol. The molecule has 1 N–H and O–H groups in total. The van der Waals surface area contributed by atoms with E-state index in [1.165, 1.54) is 0 Å². The molecule has 5 rings (SSSR count). The summed E-state index contributed by atoms with van der Waals surface area (Å²) in [5.41, 5.74) is 0.310. The van der Waals surface area contributed by atoms with Crippen molar-refractivity contribution in [1.82, 2.24) is 9.80 Å². The number of nitrogens with zero attached hydrogens (tertiary/aromatic N) is 2. The Morgan fingerprint density at radius 1 is 0.857 bits per heavy atom. The topological polar surface area (TPSA) is 77.9 Å². The summed E-state index contributed by atoms with van der Waals surface area (Å²) in [6, 6.07) is 23.6. The molecule has 2 aliphatic heterocycles. The summed E-state index contributed by atoms with van der Waals surface area (Å²) in [7, 11) is -3.57. The molecule has 224 valence electrons. The Bertz CT molecular complexity index is 1480. The van der Waals surface area contributed by atoms with E-state index >= 15 is 0 Å². The lowest BCUT2D eigenvalue weighted by Crippen LogP contribution is -2.50. The quantitative estimate of drug-likeness (QED) is 0.303. The normalized spacial score (nSPS) is 21.3. The Labute approximate surface area is 259 Å². The minimum absolute atomic E-state index is 0.0421. The third-order valence-corrected chi connectivity index (χ3v) is 11.5. The third kappa shape index (κ3) is 7.20. The van der Waals surface area contributed by atoms with Crippen LogP contribution in [0.1, 0.15) is 54.4 Å². The third-order valence-electron chi connectivity index (χ3n) is 8.89. The van der Waals surface area contributed by atoms with Crippen LogP contribution in [0.5, 0.6) is 0 Å². The van der Waals surface area contributed by atoms with E-state index in [1.54, 1.807) is 30.3 Å². The fraction of sp³-hybridized carbons (Fsp3) is 0.424. The molecule has 0 saturated carbocycles. The van der Waals surface area contributed by atoms with Crippen molar-refractivity contribution in [3.63, 3.8) is 0 Å². The highest BCUT2D eigenvalue weighted by Crippen LogP contribution is 2.41. The molecule has 3 aromatic carbocycles. The highest BCUT2D eigenvalue weighted by Gasteiger charge is 2.40. The largest absolute Gasteiger partial charge is 0.389 e. The van der Waals surface area contributed by atoms with Gasteiger partial charge in [-0.15, -0.1) is 0 Å². The number of amides is 1. The van der Waals surface area contributed by atoms with E-state index in [-0.39, 0.29) is 22.0 Å². The maximum atomic E-state index is 13.4. The number of hydrogen-bond donors (Lipinski definition) is 1. The molecule has 0 unspecified atom stereocenters. The van der Waals surface area contributed by atoms with Crippen molar-refractivity contribution in [1.29, 1.82) is 0 Å². The number of rotatable bonds is 9. The Balaban J connectivity index is 1.24. The van der Waals surface area contributed by atoms with Crippen LogP contribution in [-0.4, -0.2) is 73.3 Å². The van der Waals surface area contributed by atoms with E-state index in [1.807, 2.05) is 53.4 Å². The van der Waals surface area contributed by atoms with E-state index in [0.29, 0.717) is 54.6 Å². The molecule has 2 fully saturated rings. The first-order valence-electron chi connectivity index (χ1n) is 14.6. The highest BCUT2D eigenvalue weighted by molar-refractivity contribution is 7.91. The highest BCUT2D eigenvalue weighted by atomic mass is 35.5. The first-order chi connectivity index (χ1) is 20.1. The molecule has 0 bridgehead atoms. The van der Waals surface area contributed by atoms with Crippen molar-refractivity contribution >= 4 is 38.9 Å². The summed E-state index contributed by atoms with van der Waals surface area (Å²) in [6.07, 6.45) is 4.43. The average Bonchev–Trinajstić information content (AvgIpc) is 3.00. The second kappa shape index (κ2) is 13.1. The number of carbonyl (C=O) groups excluding carboxylic acids is 1. The van der Waals surface area contributed by atoms with Crippen LogP contribution in [-0.2, 0) is 15.3 Å². The molecule has 2 saturated heterocycles. The summed E-state index contributed by atoms with van der Waals surface area (Å²) < 4.78 is 25.8. The number of carbonyl (C=O) groups is 1. The molecular weight excluding hydrogens is 591 g/mol. The SMILES string of the molecule is O=C(c1ccccc1)N1CCC[C@@](CCCN2CCC(O)(CS(=O)(=O)c3ccccc3)CC2)(c2ccc(Cl)c(Cl)c2)C1. The van der Waals surface area contributed by atoms with Crippen molar-refractivity contribution < 1.29 is 18.3 Å². The summed E-state index contributed by atoms with van der Waals surface area (Å²) in [6.45, 7) is 3.43. The van der Waals surface area contributed by atoms with E-state index < -0.39 is 15.4 Å². The molecule has 0 radical (unpaired) electrons. The number of benzene rings is 3. The number of aliphatic hydroxyl groups is 1. The fourth-order valence-corrected chi connectivity index (χ4v) is 8.55. The smallest absolute Gasteiger partial charge is 0.253 e. The molecule has 42 heavy (non-hydrogen) atoms. The van der Waals surface area contributed by atoms with Gasteiger partial charge in [0.25, 0.3) is 5.91 Å². The van der Waals surface area contributed by atoms with E-state index in [2.05, 4.69) is 4.90 Å². The van der Waals surface area contributed by atoms with Crippen LogP contribution in [0.2, 0.25) is 10.0 Å². The zero-order valence-corrected chi connectivity index (χ0v) is 26.0. The van der Waals surface area contributed by atoms with Gasteiger partial charge in [0.15, 0.2) is 9.84 Å². The second-order valence-electron chi connectivity index (χ2n) is 11.8. The van der Waals surface area contributed by atoms with Crippen LogP contribution in [0.15, 0.2) is 83.8 Å². The minimum atomic E-state index is -3.57. The maximum Gasteiger partial charge on any atom is 0.253 e. The molecule has 0 aromatic heterocycles. The lowest BCUT2D eigenvalue weighted by molar-refractivity contribution is -0.00334. The first kappa shape index (κ1) is 31.0. The lowest BCUT2D eigenvalue weighted by Gasteiger charge is -2.44. The number of likely N-dealkylation sites (tertiary alicyclic amines) is 2. The van der Waals surface area contributed by atoms with Gasteiger partial charge in [-0.3, -0.25) is 4.79 Å². The minimum Gasteiger partial charge on any atom is -0.389 e. The van der Waals surface area contributed by atoms with E-state index in [0.717, 1.165) is 37.8 Å². The molecular formula is C33H38Cl2N2O4S. The molecule has 1 amide bonds. The molecule has 2 aliphatic rings. The molecule has 0 spiro atoms. The van der Waals surface area contributed by atoms with Crippen molar-refractivity contribution in [3.8, 4) is 0 Å². The second-order valence-corrected chi connectivity index (χ2v) is 14.7. The Kier molecular flexibility index (Phi) is 9.65. The van der Waals surface area contributed by atoms with Crippen molar-refractivity contribution in [2.24, 2.45) is 0 Å². The van der Waals surface area contributed by atoms with Gasteiger partial charge in [-0.25, -0.2) is 8.42 Å². The van der Waals surface area contributed by atoms with Crippen molar-refractivity contribution in [2.45, 2.75) is 54.4 Å². The monoisotopic (exact) mass is 628 g/mol. The van der Waals surface area contributed by atoms with Gasteiger partial charge in [-0.05, 0) is 87.0 Å². The molecule has 6 nitrogen and oxygen atoms in total. The van der Waals surface area contributed by atoms with E-state index in [4.69, 9.17) is 23.2 Å². The van der Waals surface area contributed by atoms with Crippen LogP contribution < -0.4 is 0 Å². The van der Waals surface area contributed by atoms with Crippen molar-refractivity contribution in [3.05, 3.63) is 100 Å². The van der Waals surface area contributed by atoms with Crippen molar-refractivity contribution in [2.75, 3.05) is 38.5 Å². The Morgan fingerprint density at radius 3 is 2.19 bits per heavy atom. The Morgan fingerprint density at radius 2 is 1.52 bits per heavy atom. The molecule has 2 heterocycles. The number of halogens is 2. The van der Waals surface area contributed by atoms with Gasteiger partial charge in [-0.1, -0.05) is 65.7 Å². The number of sulfone groups is 1. The summed E-state index contributed by atoms with van der Waals surface area (Å²) in [5, 5.41) is 12.2. The number of hydrogen-bond acceptors (Lipinski definition) is 5. The van der Waals surface area contributed by atoms with Gasteiger partial charge in [0.1, 0.15) is 0 Å². The molecule has 1 atom stereocenters. The van der Waals surface area contributed by atoms with Crippen LogP contribution in [0.25, 0.3) is 0 Å². The van der Waals surface area contributed by atoms with E-state index in [9.17, 15) is 18.3 Å². The molecule has 0 aliphatic carbocycles. The van der Waals surface area contributed by atoms with Crippen LogP contribution in [0, 0.1) is 0 Å². The van der Waals surface area contributed by atoms with Gasteiger partial charge < -0.3 is 14.9 Å². The van der Waals surface area contributed by atoms with Gasteiger partial charge in [0, 0.05) is 37.2 Å². The van der Waals surface area contributed by atoms with Gasteiger partial charge in [0.2, 0.25) is 0 Å². The Hall–Kier alpha value is -2.42. The predicted octanol–water partition coefficient (Wildman–Crippen LogP) is 6.25. The van der Waals surface area contributed by atoms with Gasteiger partial charge in [0.05, 0.1) is 26.3 Å². The van der Waals surface area contributed by atoms with Crippen LogP contribution >= 0.6 is 23.2 Å². The summed E-state index contributed by atoms with van der Waals surface area (Å²) >= 11 is 12.7. The number of piperidine rings is 2.